The third kappa shape index (κ3) is 4.83. The molecule has 0 bridgehead atoms. The lowest BCUT2D eigenvalue weighted by Crippen LogP contribution is -2.62. The number of carbonyl (C=O) groups is 4. The van der Waals surface area contributed by atoms with Crippen LogP contribution in [0, 0.1) is 12.8 Å². The first-order chi connectivity index (χ1) is 18.1. The molecule has 2 aliphatic rings. The van der Waals surface area contributed by atoms with Crippen molar-refractivity contribution >= 4 is 34.7 Å². The lowest BCUT2D eigenvalue weighted by molar-refractivity contribution is -0.131. The fourth-order valence-corrected chi connectivity index (χ4v) is 5.33. The highest BCUT2D eigenvalue weighted by Gasteiger charge is 2.58. The first kappa shape index (κ1) is 25.4. The van der Waals surface area contributed by atoms with E-state index in [2.05, 4.69) is 33.1 Å². The summed E-state index contributed by atoms with van der Waals surface area (Å²) in [4.78, 5) is 56.9. The van der Waals surface area contributed by atoms with Gasteiger partial charge in [-0.15, -0.1) is 0 Å². The van der Waals surface area contributed by atoms with Gasteiger partial charge >= 0.3 is 6.03 Å². The minimum Gasteiger partial charge on any atom is -0.345 e. The number of urea groups is 1. The second kappa shape index (κ2) is 9.89. The molecule has 0 unspecified atom stereocenters. The smallest absolute Gasteiger partial charge is 0.322 e. The maximum Gasteiger partial charge on any atom is 0.322 e. The molecule has 196 valence electrons. The van der Waals surface area contributed by atoms with Crippen LogP contribution in [0.4, 0.5) is 4.79 Å². The van der Waals surface area contributed by atoms with Crippen molar-refractivity contribution in [3.8, 4) is 0 Å². The molecule has 9 heteroatoms. The number of carbonyl (C=O) groups excluding carboxylic acids is 4. The van der Waals surface area contributed by atoms with E-state index in [0.717, 1.165) is 27.7 Å². The van der Waals surface area contributed by atoms with Crippen LogP contribution in [0.15, 0.2) is 54.6 Å². The summed E-state index contributed by atoms with van der Waals surface area (Å²) in [6.45, 7) is 6.00. The van der Waals surface area contributed by atoms with Crippen LogP contribution in [-0.4, -0.2) is 58.3 Å². The molecule has 2 saturated heterocycles. The number of benzene rings is 2. The Kier molecular flexibility index (Phi) is 6.60. The zero-order valence-corrected chi connectivity index (χ0v) is 21.7. The Morgan fingerprint density at radius 1 is 1.13 bits per heavy atom. The van der Waals surface area contributed by atoms with E-state index in [-0.39, 0.29) is 30.8 Å². The van der Waals surface area contributed by atoms with E-state index in [4.69, 9.17) is 0 Å². The number of pyridine rings is 1. The average molecular weight is 514 g/mol. The second-order valence-electron chi connectivity index (χ2n) is 10.6. The van der Waals surface area contributed by atoms with Gasteiger partial charge in [-0.1, -0.05) is 44.2 Å². The number of fused-ring (bicyclic) bond motifs is 1. The summed E-state index contributed by atoms with van der Waals surface area (Å²) in [6, 6.07) is 16.0. The largest absolute Gasteiger partial charge is 0.345 e. The SMILES string of the molecule is Cc1cc(Cc2ccc(C(=O)N[C@@H]3CN(C(=O)CC(C)C)C[C@]34NC(=O)NC4=O)cc2)c2ccccc2n1. The Hall–Kier alpha value is -4.27. The highest BCUT2D eigenvalue weighted by Crippen LogP contribution is 2.27. The van der Waals surface area contributed by atoms with Crippen molar-refractivity contribution in [3.05, 3.63) is 77.0 Å². The maximum absolute atomic E-state index is 13.2. The van der Waals surface area contributed by atoms with Gasteiger partial charge in [-0.2, -0.15) is 0 Å². The van der Waals surface area contributed by atoms with Gasteiger partial charge in [-0.25, -0.2) is 4.79 Å². The number of para-hydroxylation sites is 1. The van der Waals surface area contributed by atoms with Crippen molar-refractivity contribution in [3.63, 3.8) is 0 Å². The van der Waals surface area contributed by atoms with Gasteiger partial charge in [0.15, 0.2) is 5.54 Å². The van der Waals surface area contributed by atoms with Gasteiger partial charge < -0.3 is 15.5 Å². The van der Waals surface area contributed by atoms with Crippen LogP contribution < -0.4 is 16.0 Å². The summed E-state index contributed by atoms with van der Waals surface area (Å²) >= 11 is 0. The van der Waals surface area contributed by atoms with Crippen molar-refractivity contribution in [1.82, 2.24) is 25.8 Å². The van der Waals surface area contributed by atoms with Crippen LogP contribution in [0.5, 0.6) is 0 Å². The molecule has 3 aromatic rings. The molecular formula is C29H31N5O4. The summed E-state index contributed by atoms with van der Waals surface area (Å²) in [6.07, 6.45) is 1.01. The topological polar surface area (TPSA) is 121 Å². The van der Waals surface area contributed by atoms with Gasteiger partial charge in [0.1, 0.15) is 0 Å². The quantitative estimate of drug-likeness (QED) is 0.438. The molecule has 9 nitrogen and oxygen atoms in total. The van der Waals surface area contributed by atoms with E-state index in [0.29, 0.717) is 18.4 Å². The highest BCUT2D eigenvalue weighted by atomic mass is 16.2. The molecule has 0 saturated carbocycles. The number of nitrogens with zero attached hydrogens (tertiary/aromatic N) is 2. The maximum atomic E-state index is 13.2. The molecule has 2 aromatic carbocycles. The Balaban J connectivity index is 1.32. The fraction of sp³-hybridized carbons (Fsp3) is 0.345. The van der Waals surface area contributed by atoms with Crippen LogP contribution in [0.1, 0.15) is 47.4 Å². The van der Waals surface area contributed by atoms with Gasteiger partial charge in [-0.3, -0.25) is 24.7 Å². The number of hydrogen-bond acceptors (Lipinski definition) is 5. The summed E-state index contributed by atoms with van der Waals surface area (Å²) < 4.78 is 0. The lowest BCUT2D eigenvalue weighted by Gasteiger charge is -2.27. The normalized spacial score (nSPS) is 20.7. The summed E-state index contributed by atoms with van der Waals surface area (Å²) in [7, 11) is 0. The average Bonchev–Trinajstić information content (AvgIpc) is 3.37. The highest BCUT2D eigenvalue weighted by molar-refractivity contribution is 6.09. The van der Waals surface area contributed by atoms with Crippen LogP contribution in [0.3, 0.4) is 0 Å². The molecule has 0 aliphatic carbocycles. The summed E-state index contributed by atoms with van der Waals surface area (Å²) in [5, 5.41) is 8.92. The van der Waals surface area contributed by atoms with E-state index in [1.807, 2.05) is 51.1 Å². The standard InChI is InChI=1S/C29H31N5O4/c1-17(2)12-25(35)34-15-24(29(16-34)27(37)32-28(38)33-29)31-26(36)20-10-8-19(9-11-20)14-21-13-18(3)30-23-7-5-4-6-22(21)23/h4-11,13,17,24H,12,14-16H2,1-3H3,(H,31,36)(H2,32,33,37,38)/t24-,29+/m1/s1. The molecule has 1 spiro atoms. The van der Waals surface area contributed by atoms with Crippen molar-refractivity contribution in [1.29, 1.82) is 0 Å². The minimum atomic E-state index is -1.39. The van der Waals surface area contributed by atoms with Crippen molar-refractivity contribution in [2.75, 3.05) is 13.1 Å². The molecular weight excluding hydrogens is 482 g/mol. The number of hydrogen-bond donors (Lipinski definition) is 3. The Labute approximate surface area is 221 Å². The van der Waals surface area contributed by atoms with Gasteiger partial charge in [0, 0.05) is 29.6 Å². The molecule has 5 amide bonds. The van der Waals surface area contributed by atoms with Crippen LogP contribution in [-0.2, 0) is 16.0 Å². The molecule has 3 heterocycles. The van der Waals surface area contributed by atoms with Crippen molar-refractivity contribution in [2.45, 2.75) is 45.2 Å². The molecule has 38 heavy (non-hydrogen) atoms. The lowest BCUT2D eigenvalue weighted by atomic mass is 9.93. The van der Waals surface area contributed by atoms with Gasteiger partial charge in [0.25, 0.3) is 11.8 Å². The van der Waals surface area contributed by atoms with E-state index >= 15 is 0 Å². The first-order valence-electron chi connectivity index (χ1n) is 12.8. The minimum absolute atomic E-state index is 0.0132. The van der Waals surface area contributed by atoms with E-state index in [1.165, 1.54) is 0 Å². The molecule has 5 rings (SSSR count). The molecule has 2 atom stereocenters. The molecule has 2 aliphatic heterocycles. The number of aromatic nitrogens is 1. The van der Waals surface area contributed by atoms with E-state index < -0.39 is 23.5 Å². The molecule has 2 fully saturated rings. The fourth-order valence-electron chi connectivity index (χ4n) is 5.33. The second-order valence-corrected chi connectivity index (χ2v) is 10.6. The van der Waals surface area contributed by atoms with E-state index in [1.54, 1.807) is 17.0 Å². The van der Waals surface area contributed by atoms with Gasteiger partial charge in [-0.05, 0) is 54.7 Å². The van der Waals surface area contributed by atoms with Crippen molar-refractivity contribution in [2.24, 2.45) is 5.92 Å². The Morgan fingerprint density at radius 2 is 1.87 bits per heavy atom. The Morgan fingerprint density at radius 3 is 2.55 bits per heavy atom. The molecule has 1 aromatic heterocycles. The number of imide groups is 1. The number of nitrogens with one attached hydrogen (secondary N) is 3. The third-order valence-electron chi connectivity index (χ3n) is 7.19. The molecule has 0 radical (unpaired) electrons. The summed E-state index contributed by atoms with van der Waals surface area (Å²) in [5.74, 6) is -0.888. The monoisotopic (exact) mass is 513 g/mol. The zero-order valence-electron chi connectivity index (χ0n) is 21.7. The predicted molar refractivity (Wildman–Crippen MR) is 142 cm³/mol. The third-order valence-corrected chi connectivity index (χ3v) is 7.19. The predicted octanol–water partition coefficient (Wildman–Crippen LogP) is 2.70. The first-order valence-corrected chi connectivity index (χ1v) is 12.8. The van der Waals surface area contributed by atoms with Gasteiger partial charge in [0.05, 0.1) is 18.1 Å². The van der Waals surface area contributed by atoms with E-state index in [9.17, 15) is 19.2 Å². The van der Waals surface area contributed by atoms with Gasteiger partial charge in [0.2, 0.25) is 5.91 Å². The zero-order chi connectivity index (χ0) is 27.0. The number of rotatable bonds is 6. The number of aryl methyl sites for hydroxylation is 1. The Bertz CT molecular complexity index is 1430. The van der Waals surface area contributed by atoms with Crippen LogP contribution >= 0.6 is 0 Å². The number of likely N-dealkylation sites (tertiary alicyclic amines) is 1. The molecule has 3 N–H and O–H groups in total. The number of amides is 5. The van der Waals surface area contributed by atoms with Crippen LogP contribution in [0.25, 0.3) is 10.9 Å². The van der Waals surface area contributed by atoms with Crippen LogP contribution in [0.2, 0.25) is 0 Å². The van der Waals surface area contributed by atoms with Crippen molar-refractivity contribution < 1.29 is 19.2 Å². The summed E-state index contributed by atoms with van der Waals surface area (Å²) in [5.41, 5.74) is 3.14.